The van der Waals surface area contributed by atoms with Crippen LogP contribution in [0.2, 0.25) is 0 Å². The van der Waals surface area contributed by atoms with Crippen LogP contribution in [-0.4, -0.2) is 42.7 Å². The number of rotatable bonds is 8. The maximum Gasteiger partial charge on any atom is 0.413 e. The molecule has 154 valence electrons. The molecule has 3 rings (SSSR count). The average molecular weight is 417 g/mol. The Kier molecular flexibility index (Phi) is 6.82. The van der Waals surface area contributed by atoms with Crippen molar-refractivity contribution in [3.8, 4) is 11.3 Å². The van der Waals surface area contributed by atoms with Gasteiger partial charge in [0.1, 0.15) is 4.88 Å². The van der Waals surface area contributed by atoms with Crippen LogP contribution < -0.4 is 10.6 Å². The van der Waals surface area contributed by atoms with Crippen molar-refractivity contribution in [3.63, 3.8) is 0 Å². The smallest absolute Gasteiger partial charge is 0.413 e. The van der Waals surface area contributed by atoms with Gasteiger partial charge >= 0.3 is 12.1 Å². The lowest BCUT2D eigenvalue weighted by Crippen LogP contribution is -2.25. The lowest BCUT2D eigenvalue weighted by Gasteiger charge is -2.05. The van der Waals surface area contributed by atoms with Crippen molar-refractivity contribution in [2.75, 3.05) is 19.0 Å². The highest BCUT2D eigenvalue weighted by Crippen LogP contribution is 2.32. The third-order valence-corrected chi connectivity index (χ3v) is 5.22. The summed E-state index contributed by atoms with van der Waals surface area (Å²) in [6, 6.07) is 7.07. The molecule has 0 aliphatic heterocycles. The molecule has 1 aromatic carbocycles. The SMILES string of the molecule is CCCCOC(=O)Nc1nc(-c2ccc(C(=O)NC3CC3)cc2)c(C(=O)OC)s1. The summed E-state index contributed by atoms with van der Waals surface area (Å²) >= 11 is 1.00. The van der Waals surface area contributed by atoms with Gasteiger partial charge in [-0.05, 0) is 31.4 Å². The van der Waals surface area contributed by atoms with E-state index in [9.17, 15) is 14.4 Å². The predicted molar refractivity (Wildman–Crippen MR) is 109 cm³/mol. The van der Waals surface area contributed by atoms with Gasteiger partial charge in [-0.15, -0.1) is 0 Å². The molecule has 0 radical (unpaired) electrons. The van der Waals surface area contributed by atoms with Gasteiger partial charge in [0.05, 0.1) is 19.4 Å². The van der Waals surface area contributed by atoms with E-state index in [0.29, 0.717) is 23.4 Å². The first-order valence-corrected chi connectivity index (χ1v) is 10.3. The Morgan fingerprint density at radius 1 is 1.21 bits per heavy atom. The number of carbonyl (C=O) groups is 3. The van der Waals surface area contributed by atoms with Crippen LogP contribution in [0.3, 0.4) is 0 Å². The number of amides is 2. The molecule has 0 atom stereocenters. The van der Waals surface area contributed by atoms with Crippen LogP contribution >= 0.6 is 11.3 Å². The van der Waals surface area contributed by atoms with E-state index >= 15 is 0 Å². The Labute approximate surface area is 172 Å². The van der Waals surface area contributed by atoms with Gasteiger partial charge in [0, 0.05) is 17.2 Å². The number of hydrogen-bond donors (Lipinski definition) is 2. The van der Waals surface area contributed by atoms with Gasteiger partial charge in [-0.25, -0.2) is 14.6 Å². The lowest BCUT2D eigenvalue weighted by atomic mass is 10.1. The van der Waals surface area contributed by atoms with E-state index in [1.165, 1.54) is 7.11 Å². The molecule has 1 heterocycles. The van der Waals surface area contributed by atoms with Gasteiger partial charge in [0.25, 0.3) is 5.91 Å². The van der Waals surface area contributed by atoms with Gasteiger partial charge in [-0.1, -0.05) is 36.8 Å². The molecule has 29 heavy (non-hydrogen) atoms. The number of unbranched alkanes of at least 4 members (excludes halogenated alkanes) is 1. The van der Waals surface area contributed by atoms with Gasteiger partial charge in [0.15, 0.2) is 5.13 Å². The molecule has 2 amide bonds. The molecule has 1 aliphatic carbocycles. The van der Waals surface area contributed by atoms with Crippen molar-refractivity contribution >= 4 is 34.4 Å². The molecule has 1 aliphatic rings. The maximum absolute atomic E-state index is 12.2. The van der Waals surface area contributed by atoms with Gasteiger partial charge in [-0.2, -0.15) is 0 Å². The first-order valence-electron chi connectivity index (χ1n) is 9.46. The van der Waals surface area contributed by atoms with Crippen LogP contribution in [0.25, 0.3) is 11.3 Å². The number of carbonyl (C=O) groups excluding carboxylic acids is 3. The number of hydrogen-bond acceptors (Lipinski definition) is 7. The van der Waals surface area contributed by atoms with E-state index in [0.717, 1.165) is 37.0 Å². The molecule has 2 N–H and O–H groups in total. The van der Waals surface area contributed by atoms with Crippen molar-refractivity contribution in [1.82, 2.24) is 10.3 Å². The van der Waals surface area contributed by atoms with Crippen LogP contribution in [-0.2, 0) is 9.47 Å². The quantitative estimate of drug-likeness (QED) is 0.499. The van der Waals surface area contributed by atoms with Crippen LogP contribution in [0.4, 0.5) is 9.93 Å². The molecule has 0 bridgehead atoms. The largest absolute Gasteiger partial charge is 0.465 e. The summed E-state index contributed by atoms with van der Waals surface area (Å²) in [5.74, 6) is -0.678. The zero-order valence-electron chi connectivity index (χ0n) is 16.3. The number of nitrogens with zero attached hydrogens (tertiary/aromatic N) is 1. The van der Waals surface area contributed by atoms with Crippen molar-refractivity contribution in [2.45, 2.75) is 38.6 Å². The molecule has 8 nitrogen and oxygen atoms in total. The van der Waals surface area contributed by atoms with E-state index < -0.39 is 12.1 Å². The highest BCUT2D eigenvalue weighted by atomic mass is 32.1. The molecule has 2 aromatic rings. The fraction of sp³-hybridized carbons (Fsp3) is 0.400. The Morgan fingerprint density at radius 3 is 2.55 bits per heavy atom. The van der Waals surface area contributed by atoms with Crippen molar-refractivity contribution in [1.29, 1.82) is 0 Å². The topological polar surface area (TPSA) is 107 Å². The number of ether oxygens (including phenoxy) is 2. The van der Waals surface area contributed by atoms with Crippen LogP contribution in [0.1, 0.15) is 52.6 Å². The van der Waals surface area contributed by atoms with E-state index in [1.807, 2.05) is 6.92 Å². The first kappa shape index (κ1) is 20.8. The number of methoxy groups -OCH3 is 1. The monoisotopic (exact) mass is 417 g/mol. The number of nitrogens with one attached hydrogen (secondary N) is 2. The van der Waals surface area contributed by atoms with Crippen molar-refractivity contribution in [3.05, 3.63) is 34.7 Å². The zero-order valence-corrected chi connectivity index (χ0v) is 17.1. The second kappa shape index (κ2) is 9.51. The van der Waals surface area contributed by atoms with E-state index in [1.54, 1.807) is 24.3 Å². The first-order chi connectivity index (χ1) is 14.0. The normalized spacial score (nSPS) is 12.9. The molecule has 1 fully saturated rings. The number of anilines is 1. The minimum atomic E-state index is -0.623. The molecule has 1 aromatic heterocycles. The summed E-state index contributed by atoms with van der Waals surface area (Å²) in [4.78, 5) is 40.8. The average Bonchev–Trinajstić information content (AvgIpc) is 3.44. The highest BCUT2D eigenvalue weighted by Gasteiger charge is 2.24. The molecule has 0 spiro atoms. The van der Waals surface area contributed by atoms with Crippen molar-refractivity contribution in [2.24, 2.45) is 0 Å². The summed E-state index contributed by atoms with van der Waals surface area (Å²) in [5, 5.41) is 5.70. The molecule has 9 heteroatoms. The molecule has 0 unspecified atom stereocenters. The predicted octanol–water partition coefficient (Wildman–Crippen LogP) is 3.84. The highest BCUT2D eigenvalue weighted by molar-refractivity contribution is 7.18. The molecular formula is C20H23N3O5S. The summed E-state index contributed by atoms with van der Waals surface area (Å²) in [6.45, 7) is 2.31. The lowest BCUT2D eigenvalue weighted by molar-refractivity contribution is 0.0606. The van der Waals surface area contributed by atoms with Crippen LogP contribution in [0.5, 0.6) is 0 Å². The third-order valence-electron chi connectivity index (χ3n) is 4.27. The van der Waals surface area contributed by atoms with E-state index in [-0.39, 0.29) is 22.0 Å². The Bertz CT molecular complexity index is 890. The van der Waals surface area contributed by atoms with E-state index in [2.05, 4.69) is 15.6 Å². The van der Waals surface area contributed by atoms with Gasteiger partial charge < -0.3 is 14.8 Å². The minimum Gasteiger partial charge on any atom is -0.465 e. The fourth-order valence-corrected chi connectivity index (χ4v) is 3.40. The summed E-state index contributed by atoms with van der Waals surface area (Å²) < 4.78 is 9.90. The number of thiazole rings is 1. The van der Waals surface area contributed by atoms with Crippen LogP contribution in [0.15, 0.2) is 24.3 Å². The summed E-state index contributed by atoms with van der Waals surface area (Å²) in [6.07, 6.45) is 3.09. The fourth-order valence-electron chi connectivity index (χ4n) is 2.51. The van der Waals surface area contributed by atoms with Gasteiger partial charge in [-0.3, -0.25) is 10.1 Å². The third kappa shape index (κ3) is 5.54. The molecule has 1 saturated carbocycles. The number of esters is 1. The number of aromatic nitrogens is 1. The standard InChI is InChI=1S/C20H23N3O5S/c1-3-4-11-28-20(26)23-19-22-15(16(29-19)18(25)27-2)12-5-7-13(8-6-12)17(24)21-14-9-10-14/h5-8,14H,3-4,9-11H2,1-2H3,(H,21,24)(H,22,23,26). The Morgan fingerprint density at radius 2 is 1.93 bits per heavy atom. The summed E-state index contributed by atoms with van der Waals surface area (Å²) in [7, 11) is 1.28. The molecular weight excluding hydrogens is 394 g/mol. The summed E-state index contributed by atoms with van der Waals surface area (Å²) in [5.41, 5.74) is 1.55. The van der Waals surface area contributed by atoms with Crippen LogP contribution in [0, 0.1) is 0 Å². The second-order valence-electron chi connectivity index (χ2n) is 6.63. The van der Waals surface area contributed by atoms with Crippen molar-refractivity contribution < 1.29 is 23.9 Å². The number of benzene rings is 1. The van der Waals surface area contributed by atoms with E-state index in [4.69, 9.17) is 9.47 Å². The zero-order chi connectivity index (χ0) is 20.8. The maximum atomic E-state index is 12.2. The molecule has 0 saturated heterocycles. The minimum absolute atomic E-state index is 0.123. The Hall–Kier alpha value is -2.94. The second-order valence-corrected chi connectivity index (χ2v) is 7.63. The Balaban J connectivity index is 1.77. The van der Waals surface area contributed by atoms with Gasteiger partial charge in [0.2, 0.25) is 0 Å².